The van der Waals surface area contributed by atoms with E-state index < -0.39 is 11.7 Å². The molecule has 0 atom stereocenters. The van der Waals surface area contributed by atoms with E-state index in [4.69, 9.17) is 9.53 Å². The molecule has 9 heteroatoms. The number of nitrogens with zero attached hydrogens (tertiary/aromatic N) is 1. The summed E-state index contributed by atoms with van der Waals surface area (Å²) in [4.78, 5) is 12.9. The number of nitrogens with one attached hydrogen (secondary N) is 2. The number of nitrogens with two attached hydrogens (primary N) is 1. The van der Waals surface area contributed by atoms with Gasteiger partial charge in [0.1, 0.15) is 6.61 Å². The van der Waals surface area contributed by atoms with Crippen LogP contribution in [0.3, 0.4) is 0 Å². The van der Waals surface area contributed by atoms with Gasteiger partial charge in [0.15, 0.2) is 0 Å². The Morgan fingerprint density at radius 2 is 1.96 bits per heavy atom. The number of alkyl halides is 3. The first-order chi connectivity index (χ1) is 11.4. The van der Waals surface area contributed by atoms with Crippen molar-refractivity contribution in [1.82, 2.24) is 10.4 Å². The van der Waals surface area contributed by atoms with Gasteiger partial charge in [-0.05, 0) is 18.2 Å². The molecule has 1 aromatic carbocycles. The lowest BCUT2D eigenvalue weighted by Crippen LogP contribution is -2.18. The Morgan fingerprint density at radius 3 is 2.46 bits per heavy atom. The molecule has 4 N–H and O–H groups in total. The highest BCUT2D eigenvalue weighted by atomic mass is 19.4. The lowest BCUT2D eigenvalue weighted by atomic mass is 10.1. The minimum absolute atomic E-state index is 0.0631. The molecule has 0 aliphatic carbocycles. The predicted molar refractivity (Wildman–Crippen MR) is 82.9 cm³/mol. The van der Waals surface area contributed by atoms with Gasteiger partial charge in [-0.2, -0.15) is 13.2 Å². The number of aromatic nitrogens is 1. The largest absolute Gasteiger partial charge is 0.473 e. The van der Waals surface area contributed by atoms with E-state index in [1.807, 2.05) is 0 Å². The van der Waals surface area contributed by atoms with Crippen LogP contribution in [0.1, 0.15) is 11.1 Å². The molecule has 0 bridgehead atoms. The van der Waals surface area contributed by atoms with E-state index >= 15 is 0 Å². The van der Waals surface area contributed by atoms with Crippen LogP contribution >= 0.6 is 0 Å². The number of rotatable bonds is 5. The minimum atomic E-state index is -4.42. The van der Waals surface area contributed by atoms with Crippen molar-refractivity contribution < 1.29 is 22.7 Å². The molecule has 0 spiro atoms. The van der Waals surface area contributed by atoms with Crippen LogP contribution in [0.4, 0.5) is 18.9 Å². The molecule has 0 aliphatic rings. The van der Waals surface area contributed by atoms with Crippen LogP contribution in [0.25, 0.3) is 0 Å². The molecule has 24 heavy (non-hydrogen) atoms. The van der Waals surface area contributed by atoms with Gasteiger partial charge in [0.2, 0.25) is 12.3 Å². The summed E-state index contributed by atoms with van der Waals surface area (Å²) in [6.07, 6.45) is -2.50. The third kappa shape index (κ3) is 5.76. The van der Waals surface area contributed by atoms with Gasteiger partial charge in [0.25, 0.3) is 0 Å². The zero-order valence-electron chi connectivity index (χ0n) is 12.8. The first kappa shape index (κ1) is 19.2. The monoisotopic (exact) mass is 342 g/mol. The van der Waals surface area contributed by atoms with E-state index in [1.54, 1.807) is 36.7 Å². The van der Waals surface area contributed by atoms with Crippen LogP contribution in [-0.2, 0) is 17.6 Å². The second-order valence-corrected chi connectivity index (χ2v) is 4.32. The maximum absolute atomic E-state index is 13.0. The van der Waals surface area contributed by atoms with E-state index in [-0.39, 0.29) is 18.1 Å². The molecule has 1 heterocycles. The Hall–Kier alpha value is -2.81. The summed E-state index contributed by atoms with van der Waals surface area (Å²) in [7, 11) is 1.57. The Kier molecular flexibility index (Phi) is 7.50. The van der Waals surface area contributed by atoms with Crippen molar-refractivity contribution in [3.8, 4) is 5.88 Å². The molecule has 0 aliphatic heterocycles. The Balaban J connectivity index is 0.000000648. The van der Waals surface area contributed by atoms with Crippen molar-refractivity contribution in [2.75, 3.05) is 12.4 Å². The Morgan fingerprint density at radius 1 is 1.25 bits per heavy atom. The number of anilines is 1. The van der Waals surface area contributed by atoms with Crippen molar-refractivity contribution in [3.05, 3.63) is 53.7 Å². The highest BCUT2D eigenvalue weighted by molar-refractivity contribution is 5.55. The number of hydrogen-bond donors (Lipinski definition) is 3. The van der Waals surface area contributed by atoms with Crippen molar-refractivity contribution in [1.29, 1.82) is 0 Å². The molecule has 6 nitrogen and oxygen atoms in total. The molecular formula is C15H17F3N4O2. The van der Waals surface area contributed by atoms with Crippen molar-refractivity contribution in [2.24, 2.45) is 5.84 Å². The van der Waals surface area contributed by atoms with E-state index in [1.165, 1.54) is 12.3 Å². The molecule has 0 fully saturated rings. The molecule has 1 aromatic heterocycles. The Bertz CT molecular complexity index is 636. The second kappa shape index (κ2) is 9.36. The summed E-state index contributed by atoms with van der Waals surface area (Å²) in [5, 5.41) is 2.74. The number of carbonyl (C=O) groups excluding carboxylic acids is 1. The SMILES string of the molecule is CNc1cccc(C(F)(F)F)c1COc1ccccn1.NNC=O. The number of halogens is 3. The van der Waals surface area contributed by atoms with E-state index in [0.29, 0.717) is 12.1 Å². The average molecular weight is 342 g/mol. The lowest BCUT2D eigenvalue weighted by Gasteiger charge is -2.17. The highest BCUT2D eigenvalue weighted by Gasteiger charge is 2.34. The molecule has 2 aromatic rings. The number of amides is 1. The normalized spacial score (nSPS) is 10.2. The molecular weight excluding hydrogens is 325 g/mol. The summed E-state index contributed by atoms with van der Waals surface area (Å²) < 4.78 is 44.3. The second-order valence-electron chi connectivity index (χ2n) is 4.32. The number of hydrogen-bond acceptors (Lipinski definition) is 5. The maximum atomic E-state index is 13.0. The number of hydrazine groups is 1. The number of carbonyl (C=O) groups is 1. The molecule has 0 saturated carbocycles. The zero-order valence-corrected chi connectivity index (χ0v) is 12.8. The summed E-state index contributed by atoms with van der Waals surface area (Å²) in [5.74, 6) is 4.69. The topological polar surface area (TPSA) is 89.3 Å². The van der Waals surface area contributed by atoms with Gasteiger partial charge < -0.3 is 10.1 Å². The fraction of sp³-hybridized carbons (Fsp3) is 0.200. The van der Waals surface area contributed by atoms with Gasteiger partial charge in [-0.3, -0.25) is 10.2 Å². The standard InChI is InChI=1S/C14H13F3N2O.CH4N2O/c1-18-12-6-4-5-11(14(15,16)17)10(12)9-20-13-7-2-3-8-19-13;2-3-1-4/h2-8,18H,9H2,1H3;1H,2H2,(H,3,4). The third-order valence-electron chi connectivity index (χ3n) is 2.82. The summed E-state index contributed by atoms with van der Waals surface area (Å²) in [5.41, 5.74) is 1.49. The van der Waals surface area contributed by atoms with E-state index in [2.05, 4.69) is 16.1 Å². The molecule has 0 radical (unpaired) electrons. The van der Waals surface area contributed by atoms with Crippen LogP contribution in [0.15, 0.2) is 42.6 Å². The quantitative estimate of drug-likeness (QED) is 0.336. The smallest absolute Gasteiger partial charge is 0.416 e. The minimum Gasteiger partial charge on any atom is -0.473 e. The lowest BCUT2D eigenvalue weighted by molar-refractivity contribution is -0.138. The first-order valence-corrected chi connectivity index (χ1v) is 6.74. The molecule has 130 valence electrons. The van der Waals surface area contributed by atoms with E-state index in [9.17, 15) is 13.2 Å². The molecule has 0 saturated heterocycles. The van der Waals surface area contributed by atoms with Gasteiger partial charge in [-0.1, -0.05) is 12.1 Å². The fourth-order valence-electron chi connectivity index (χ4n) is 1.82. The third-order valence-corrected chi connectivity index (χ3v) is 2.82. The number of ether oxygens (including phenoxy) is 1. The van der Waals surface area contributed by atoms with Crippen LogP contribution in [0.2, 0.25) is 0 Å². The van der Waals surface area contributed by atoms with Crippen molar-refractivity contribution in [3.63, 3.8) is 0 Å². The van der Waals surface area contributed by atoms with Crippen molar-refractivity contribution in [2.45, 2.75) is 12.8 Å². The predicted octanol–water partition coefficient (Wildman–Crippen LogP) is 2.33. The van der Waals surface area contributed by atoms with Gasteiger partial charge in [0, 0.05) is 30.6 Å². The van der Waals surface area contributed by atoms with Crippen LogP contribution < -0.4 is 21.3 Å². The van der Waals surface area contributed by atoms with Gasteiger partial charge in [-0.15, -0.1) is 0 Å². The number of benzene rings is 1. The van der Waals surface area contributed by atoms with E-state index in [0.717, 1.165) is 6.07 Å². The Labute approximate surface area is 136 Å². The summed E-state index contributed by atoms with van der Waals surface area (Å²) >= 11 is 0. The average Bonchev–Trinajstić information content (AvgIpc) is 2.60. The summed E-state index contributed by atoms with van der Waals surface area (Å²) in [6.45, 7) is -0.205. The molecule has 1 amide bonds. The van der Waals surface area contributed by atoms with Crippen molar-refractivity contribution >= 4 is 12.1 Å². The summed E-state index contributed by atoms with van der Waals surface area (Å²) in [6, 6.07) is 8.98. The van der Waals surface area contributed by atoms with Crippen LogP contribution in [0, 0.1) is 0 Å². The molecule has 0 unspecified atom stereocenters. The van der Waals surface area contributed by atoms with Gasteiger partial charge >= 0.3 is 6.18 Å². The van der Waals surface area contributed by atoms with Gasteiger partial charge in [0.05, 0.1) is 5.56 Å². The van der Waals surface area contributed by atoms with Gasteiger partial charge in [-0.25, -0.2) is 10.8 Å². The van der Waals surface area contributed by atoms with Crippen LogP contribution in [-0.4, -0.2) is 18.4 Å². The first-order valence-electron chi connectivity index (χ1n) is 6.74. The maximum Gasteiger partial charge on any atom is 0.416 e. The number of pyridine rings is 1. The van der Waals surface area contributed by atoms with Crippen LogP contribution in [0.5, 0.6) is 5.88 Å². The highest BCUT2D eigenvalue weighted by Crippen LogP contribution is 2.35. The fourth-order valence-corrected chi connectivity index (χ4v) is 1.82. The molecule has 2 rings (SSSR count). The zero-order chi connectivity index (χ0) is 18.0.